The van der Waals surface area contributed by atoms with E-state index in [1.165, 1.54) is 17.8 Å². The number of nitrogens with zero attached hydrogens (tertiary/aromatic N) is 1. The van der Waals surface area contributed by atoms with E-state index in [-0.39, 0.29) is 0 Å². The van der Waals surface area contributed by atoms with Crippen molar-refractivity contribution in [2.45, 2.75) is 18.9 Å². The minimum absolute atomic E-state index is 0.801. The third-order valence-electron chi connectivity index (χ3n) is 2.39. The Bertz CT molecular complexity index is 296. The monoisotopic (exact) mass is 230 g/mol. The molecule has 0 spiro atoms. The Balaban J connectivity index is 1.73. The van der Waals surface area contributed by atoms with Crippen molar-refractivity contribution >= 4 is 27.9 Å². The third-order valence-corrected chi connectivity index (χ3v) is 3.74. The average Bonchev–Trinajstić information content (AvgIpc) is 2.87. The molecule has 78 valence electrons. The number of halogens is 1. The molecule has 0 aromatic carbocycles. The molecule has 2 rings (SSSR count). The Labute approximate surface area is 93.9 Å². The van der Waals surface area contributed by atoms with Gasteiger partial charge in [-0.1, -0.05) is 11.6 Å². The van der Waals surface area contributed by atoms with Crippen LogP contribution in [0.25, 0.3) is 0 Å². The fourth-order valence-corrected chi connectivity index (χ4v) is 2.36. The number of likely N-dealkylation sites (N-methyl/N-ethyl adjacent to an activating group) is 1. The minimum Gasteiger partial charge on any atom is -0.365 e. The molecule has 4 heteroatoms. The van der Waals surface area contributed by atoms with Gasteiger partial charge in [0.25, 0.3) is 0 Å². The molecule has 0 radical (unpaired) electrons. The molecule has 1 aromatic rings. The number of nitrogens with one attached hydrogen (secondary N) is 1. The van der Waals surface area contributed by atoms with Crippen molar-refractivity contribution in [2.24, 2.45) is 0 Å². The van der Waals surface area contributed by atoms with Crippen LogP contribution < -0.4 is 10.2 Å². The summed E-state index contributed by atoms with van der Waals surface area (Å²) in [5, 5.41) is 4.74. The van der Waals surface area contributed by atoms with Gasteiger partial charge in [0.2, 0.25) is 0 Å². The summed E-state index contributed by atoms with van der Waals surface area (Å²) in [5.41, 5.74) is 0. The van der Waals surface area contributed by atoms with E-state index in [0.29, 0.717) is 0 Å². The van der Waals surface area contributed by atoms with Crippen molar-refractivity contribution in [2.75, 3.05) is 25.0 Å². The normalized spacial score (nSPS) is 15.9. The molecule has 0 amide bonds. The van der Waals surface area contributed by atoms with Gasteiger partial charge in [0.15, 0.2) is 0 Å². The maximum absolute atomic E-state index is 5.88. The minimum atomic E-state index is 0.801. The van der Waals surface area contributed by atoms with Gasteiger partial charge < -0.3 is 10.2 Å². The number of thiophene rings is 1. The zero-order chi connectivity index (χ0) is 9.97. The van der Waals surface area contributed by atoms with Crippen molar-refractivity contribution in [3.63, 3.8) is 0 Å². The van der Waals surface area contributed by atoms with Gasteiger partial charge in [-0.25, -0.2) is 0 Å². The molecular weight excluding hydrogens is 216 g/mol. The molecule has 0 atom stereocenters. The Kier molecular flexibility index (Phi) is 3.31. The highest BCUT2D eigenvalue weighted by Gasteiger charge is 2.19. The number of rotatable bonds is 5. The van der Waals surface area contributed by atoms with Gasteiger partial charge in [0, 0.05) is 26.2 Å². The van der Waals surface area contributed by atoms with Gasteiger partial charge in [-0.15, -0.1) is 11.3 Å². The van der Waals surface area contributed by atoms with Crippen molar-refractivity contribution in [1.82, 2.24) is 5.32 Å². The lowest BCUT2D eigenvalue weighted by atomic mass is 10.5. The Hall–Kier alpha value is -0.250. The molecule has 1 aliphatic carbocycles. The van der Waals surface area contributed by atoms with Crippen molar-refractivity contribution in [1.29, 1.82) is 0 Å². The van der Waals surface area contributed by atoms with Gasteiger partial charge in [-0.05, 0) is 25.0 Å². The van der Waals surface area contributed by atoms with Crippen LogP contribution in [0, 0.1) is 0 Å². The van der Waals surface area contributed by atoms with E-state index in [4.69, 9.17) is 11.6 Å². The van der Waals surface area contributed by atoms with E-state index >= 15 is 0 Å². The second-order valence-corrected chi connectivity index (χ2v) is 5.42. The quantitative estimate of drug-likeness (QED) is 0.837. The van der Waals surface area contributed by atoms with Gasteiger partial charge in [-0.3, -0.25) is 0 Å². The smallest absolute Gasteiger partial charge is 0.0950 e. The second kappa shape index (κ2) is 4.51. The molecule has 0 saturated heterocycles. The standard InChI is InChI=1S/C10H15ClN2S/c1-13(7-6-12-8-2-3-8)10-5-4-9(11)14-10/h4-5,8,12H,2-3,6-7H2,1H3. The first-order valence-electron chi connectivity index (χ1n) is 4.95. The molecule has 1 N–H and O–H groups in total. The number of hydrogen-bond acceptors (Lipinski definition) is 3. The largest absolute Gasteiger partial charge is 0.365 e. The maximum atomic E-state index is 5.88. The van der Waals surface area contributed by atoms with E-state index in [0.717, 1.165) is 23.5 Å². The van der Waals surface area contributed by atoms with Crippen LogP contribution in [-0.2, 0) is 0 Å². The average molecular weight is 231 g/mol. The van der Waals surface area contributed by atoms with Crippen LogP contribution in [0.15, 0.2) is 12.1 Å². The lowest BCUT2D eigenvalue weighted by molar-refractivity contribution is 0.676. The first-order valence-corrected chi connectivity index (χ1v) is 6.15. The Morgan fingerprint density at radius 1 is 1.57 bits per heavy atom. The Morgan fingerprint density at radius 2 is 2.36 bits per heavy atom. The van der Waals surface area contributed by atoms with E-state index in [1.54, 1.807) is 11.3 Å². The van der Waals surface area contributed by atoms with Crippen LogP contribution in [-0.4, -0.2) is 26.2 Å². The predicted octanol–water partition coefficient (Wildman–Crippen LogP) is 2.59. The second-order valence-electron chi connectivity index (χ2n) is 3.73. The highest BCUT2D eigenvalue weighted by Crippen LogP contribution is 2.28. The summed E-state index contributed by atoms with van der Waals surface area (Å²) in [5.74, 6) is 0. The van der Waals surface area contributed by atoms with Crippen LogP contribution >= 0.6 is 22.9 Å². The first-order chi connectivity index (χ1) is 6.75. The van der Waals surface area contributed by atoms with Crippen LogP contribution in [0.5, 0.6) is 0 Å². The summed E-state index contributed by atoms with van der Waals surface area (Å²) in [4.78, 5) is 2.24. The van der Waals surface area contributed by atoms with Gasteiger partial charge >= 0.3 is 0 Å². The van der Waals surface area contributed by atoms with E-state index in [1.807, 2.05) is 6.07 Å². The third kappa shape index (κ3) is 2.87. The molecule has 2 nitrogen and oxygen atoms in total. The van der Waals surface area contributed by atoms with Crippen LogP contribution in [0.1, 0.15) is 12.8 Å². The summed E-state index contributed by atoms with van der Waals surface area (Å²) in [7, 11) is 2.11. The van der Waals surface area contributed by atoms with Crippen LogP contribution in [0.4, 0.5) is 5.00 Å². The van der Waals surface area contributed by atoms with E-state index in [9.17, 15) is 0 Å². The maximum Gasteiger partial charge on any atom is 0.0950 e. The molecule has 1 saturated carbocycles. The van der Waals surface area contributed by atoms with Crippen LogP contribution in [0.3, 0.4) is 0 Å². The lowest BCUT2D eigenvalue weighted by Crippen LogP contribution is -2.29. The molecule has 1 fully saturated rings. The van der Waals surface area contributed by atoms with Gasteiger partial charge in [-0.2, -0.15) is 0 Å². The van der Waals surface area contributed by atoms with Crippen molar-refractivity contribution in [3.8, 4) is 0 Å². The Morgan fingerprint density at radius 3 is 2.93 bits per heavy atom. The lowest BCUT2D eigenvalue weighted by Gasteiger charge is -2.16. The molecule has 0 aliphatic heterocycles. The fourth-order valence-electron chi connectivity index (χ4n) is 1.34. The molecular formula is C10H15ClN2S. The first kappa shape index (κ1) is 10.3. The summed E-state index contributed by atoms with van der Waals surface area (Å²) >= 11 is 7.51. The molecule has 0 bridgehead atoms. The SMILES string of the molecule is CN(CCNC1CC1)c1ccc(Cl)s1. The summed E-state index contributed by atoms with van der Waals surface area (Å²) in [6.45, 7) is 2.12. The molecule has 1 aromatic heterocycles. The highest BCUT2D eigenvalue weighted by molar-refractivity contribution is 7.19. The summed E-state index contributed by atoms with van der Waals surface area (Å²) in [6.07, 6.45) is 2.71. The highest BCUT2D eigenvalue weighted by atomic mass is 35.5. The molecule has 0 unspecified atom stereocenters. The van der Waals surface area contributed by atoms with Gasteiger partial charge in [0.1, 0.15) is 0 Å². The predicted molar refractivity (Wildman–Crippen MR) is 63.6 cm³/mol. The van der Waals surface area contributed by atoms with Crippen LogP contribution in [0.2, 0.25) is 4.34 Å². The summed E-state index contributed by atoms with van der Waals surface area (Å²) < 4.78 is 0.863. The fraction of sp³-hybridized carbons (Fsp3) is 0.600. The molecule has 1 heterocycles. The number of hydrogen-bond donors (Lipinski definition) is 1. The summed E-state index contributed by atoms with van der Waals surface area (Å²) in [6, 6.07) is 4.83. The topological polar surface area (TPSA) is 15.3 Å². The van der Waals surface area contributed by atoms with Crippen molar-refractivity contribution in [3.05, 3.63) is 16.5 Å². The molecule has 1 aliphatic rings. The van der Waals surface area contributed by atoms with Gasteiger partial charge in [0.05, 0.1) is 9.34 Å². The zero-order valence-corrected chi connectivity index (χ0v) is 9.87. The zero-order valence-electron chi connectivity index (χ0n) is 8.29. The molecule has 14 heavy (non-hydrogen) atoms. The number of anilines is 1. The van der Waals surface area contributed by atoms with E-state index in [2.05, 4.69) is 23.3 Å². The van der Waals surface area contributed by atoms with E-state index < -0.39 is 0 Å². The van der Waals surface area contributed by atoms with Crippen molar-refractivity contribution < 1.29 is 0 Å².